The molecular formula is C52H48Cl2F6N14O6. The number of nitrogens with zero attached hydrogens (tertiary/aromatic N) is 4. The maximum absolute atomic E-state index is 15.8. The summed E-state index contributed by atoms with van der Waals surface area (Å²) in [6, 6.07) is 6.50. The van der Waals surface area contributed by atoms with E-state index in [0.29, 0.717) is 38.1 Å². The quantitative estimate of drug-likeness (QED) is 0.0235. The number of benzene rings is 4. The molecule has 4 unspecified atom stereocenters. The molecule has 28 heteroatoms. The number of fused-ring (bicyclic) bond motifs is 4. The van der Waals surface area contributed by atoms with Gasteiger partial charge < -0.3 is 50.4 Å². The van der Waals surface area contributed by atoms with Crippen LogP contribution in [-0.4, -0.2) is 106 Å². The first-order chi connectivity index (χ1) is 38.1. The van der Waals surface area contributed by atoms with Crippen molar-refractivity contribution in [2.24, 2.45) is 23.7 Å². The standard InChI is InChI=1S/C52H48Cl2F6N14O6/c53-37-41-23(45(75)29(47(77)78)19-73(41)35-7-5-21(55)11-31(35)57)13-33(59)43(37)71-15-25-26(16-71)39(25)67-51(63)69-49(61)65-9-3-1-2-4-10-66-50(62)70-52(64)68-40-27-17-72(18-28(27)40)44-34(60)14-24-42(38(44)54)74(20-30(46(24)76)48(79)80)36-8-6-22(56)12-32(36)58/h5-8,11-14,19-20,25-28,39-40H,1-4,9-10,15-18H2,(H,77,78)(H,79,80)(H5,61,63,65,67,69)(H5,62,64,66,68,70). The molecule has 2 aliphatic carbocycles. The maximum atomic E-state index is 15.8. The van der Waals surface area contributed by atoms with Crippen molar-refractivity contribution >= 4 is 92.2 Å². The number of hydrogen-bond donors (Lipinski definition) is 12. The average molecular weight is 1150 g/mol. The van der Waals surface area contributed by atoms with Gasteiger partial charge in [-0.05, 0) is 49.2 Å². The number of hydrogen-bond acceptors (Lipinski definition) is 10. The van der Waals surface area contributed by atoms with Crippen LogP contribution >= 0.6 is 23.2 Å². The third-order valence-electron chi connectivity index (χ3n) is 15.0. The molecule has 2 aliphatic heterocycles. The second-order valence-corrected chi connectivity index (χ2v) is 20.7. The molecule has 0 radical (unpaired) electrons. The maximum Gasteiger partial charge on any atom is 0.341 e. The first-order valence-corrected chi connectivity index (χ1v) is 25.8. The molecule has 80 heavy (non-hydrogen) atoms. The minimum Gasteiger partial charge on any atom is -0.477 e. The van der Waals surface area contributed by atoms with Crippen molar-refractivity contribution in [1.82, 2.24) is 41.0 Å². The Labute approximate surface area is 458 Å². The Morgan fingerprint density at radius 3 is 1.24 bits per heavy atom. The van der Waals surface area contributed by atoms with Gasteiger partial charge in [-0.1, -0.05) is 36.0 Å². The van der Waals surface area contributed by atoms with Crippen LogP contribution in [0.1, 0.15) is 46.4 Å². The molecule has 4 fully saturated rings. The first kappa shape index (κ1) is 54.8. The molecule has 0 spiro atoms. The highest BCUT2D eigenvalue weighted by molar-refractivity contribution is 6.38. The Hall–Kier alpha value is -8.52. The summed E-state index contributed by atoms with van der Waals surface area (Å²) in [6.45, 7) is 2.03. The second-order valence-electron chi connectivity index (χ2n) is 19.9. The van der Waals surface area contributed by atoms with Gasteiger partial charge >= 0.3 is 11.9 Å². The summed E-state index contributed by atoms with van der Waals surface area (Å²) in [5.74, 6) is -9.66. The van der Waals surface area contributed by atoms with Gasteiger partial charge in [-0.15, -0.1) is 0 Å². The smallest absolute Gasteiger partial charge is 0.341 e. The number of rotatable bonds is 15. The fourth-order valence-corrected chi connectivity index (χ4v) is 11.9. The Morgan fingerprint density at radius 2 is 0.900 bits per heavy atom. The van der Waals surface area contributed by atoms with Gasteiger partial charge in [0.2, 0.25) is 10.9 Å². The number of aromatic carboxylic acids is 2. The first-order valence-electron chi connectivity index (χ1n) is 25.0. The monoisotopic (exact) mass is 1150 g/mol. The molecule has 2 saturated carbocycles. The van der Waals surface area contributed by atoms with Crippen molar-refractivity contribution in [3.8, 4) is 11.4 Å². The van der Waals surface area contributed by atoms with Crippen LogP contribution in [0.4, 0.5) is 37.7 Å². The van der Waals surface area contributed by atoms with E-state index in [-0.39, 0.29) is 130 Å². The highest BCUT2D eigenvalue weighted by atomic mass is 35.5. The number of pyridine rings is 2. The fraction of sp³-hybridized carbons (Fsp3) is 0.308. The van der Waals surface area contributed by atoms with E-state index in [1.807, 2.05) is 0 Å². The lowest BCUT2D eigenvalue weighted by atomic mass is 10.1. The Balaban J connectivity index is 0.618. The number of unbranched alkanes of at least 4 members (excludes halogenated alkanes) is 3. The van der Waals surface area contributed by atoms with Crippen LogP contribution in [0.2, 0.25) is 10.0 Å². The van der Waals surface area contributed by atoms with E-state index in [1.54, 1.807) is 9.80 Å². The van der Waals surface area contributed by atoms with Crippen LogP contribution in [-0.2, 0) is 0 Å². The van der Waals surface area contributed by atoms with Crippen LogP contribution in [0, 0.1) is 80.2 Å². The Kier molecular flexibility index (Phi) is 14.8. The number of carboxylic acids is 2. The predicted molar refractivity (Wildman–Crippen MR) is 287 cm³/mol. The lowest BCUT2D eigenvalue weighted by Gasteiger charge is -2.26. The van der Waals surface area contributed by atoms with Crippen LogP contribution in [0.5, 0.6) is 0 Å². The zero-order valence-corrected chi connectivity index (χ0v) is 43.2. The van der Waals surface area contributed by atoms with Gasteiger partial charge in [-0.2, -0.15) is 0 Å². The van der Waals surface area contributed by atoms with Crippen LogP contribution in [0.25, 0.3) is 33.2 Å². The molecule has 12 N–H and O–H groups in total. The normalized spacial score (nSPS) is 19.6. The van der Waals surface area contributed by atoms with Crippen LogP contribution < -0.4 is 52.6 Å². The minimum atomic E-state index is -1.64. The van der Waals surface area contributed by atoms with Crippen molar-refractivity contribution < 1.29 is 46.1 Å². The summed E-state index contributed by atoms with van der Waals surface area (Å²) in [4.78, 5) is 53.4. The largest absolute Gasteiger partial charge is 0.477 e. The number of carboxylic acid groups (broad SMARTS) is 2. The van der Waals surface area contributed by atoms with Crippen molar-refractivity contribution in [2.75, 3.05) is 49.1 Å². The highest BCUT2D eigenvalue weighted by Gasteiger charge is 2.58. The molecule has 4 aromatic carbocycles. The number of guanidine groups is 4. The molecule has 0 amide bonds. The Morgan fingerprint density at radius 1 is 0.537 bits per heavy atom. The van der Waals surface area contributed by atoms with E-state index in [4.69, 9.17) is 44.8 Å². The van der Waals surface area contributed by atoms with Crippen molar-refractivity contribution in [1.29, 1.82) is 21.6 Å². The number of aromatic nitrogens is 2. The molecule has 418 valence electrons. The zero-order valence-electron chi connectivity index (χ0n) is 41.6. The summed E-state index contributed by atoms with van der Waals surface area (Å²) in [6.07, 6.45) is 4.71. The van der Waals surface area contributed by atoms with E-state index < -0.39 is 79.6 Å². The molecule has 4 atom stereocenters. The van der Waals surface area contributed by atoms with Gasteiger partial charge in [0.25, 0.3) is 0 Å². The van der Waals surface area contributed by atoms with E-state index >= 15 is 17.6 Å². The molecule has 2 aromatic heterocycles. The van der Waals surface area contributed by atoms with E-state index in [0.717, 1.165) is 70.8 Å². The number of halogens is 8. The summed E-state index contributed by atoms with van der Waals surface area (Å²) in [5.41, 5.74) is -4.74. The van der Waals surface area contributed by atoms with E-state index in [1.165, 1.54) is 0 Å². The Bertz CT molecular complexity index is 3510. The average Bonchev–Trinajstić information content (AvgIpc) is 4.08. The fourth-order valence-electron chi connectivity index (χ4n) is 11.0. The summed E-state index contributed by atoms with van der Waals surface area (Å²) in [7, 11) is 0. The molecule has 2 saturated heterocycles. The van der Waals surface area contributed by atoms with Gasteiger partial charge in [0.1, 0.15) is 46.0 Å². The van der Waals surface area contributed by atoms with Crippen LogP contribution in [0.3, 0.4) is 0 Å². The molecule has 20 nitrogen and oxygen atoms in total. The zero-order chi connectivity index (χ0) is 57.2. The third-order valence-corrected chi connectivity index (χ3v) is 15.7. The molecule has 10 rings (SSSR count). The van der Waals surface area contributed by atoms with Gasteiger partial charge in [-0.25, -0.2) is 35.9 Å². The summed E-state index contributed by atoms with van der Waals surface area (Å²) >= 11 is 13.5. The van der Waals surface area contributed by atoms with Gasteiger partial charge in [0.15, 0.2) is 23.8 Å². The number of piperidine rings is 2. The lowest BCUT2D eigenvalue weighted by Crippen LogP contribution is -2.48. The lowest BCUT2D eigenvalue weighted by molar-refractivity contribution is 0.0684. The SMILES string of the molecule is N=C(NCCCCCCNC(=N)NC(=N)NC1C2CN(c3c(F)cc4c(=O)c(C(=O)O)cn(-c5ccc(F)cc5F)c4c3Cl)CC21)NC(=N)NC1C2CN(c3c(F)cc4c(=O)c(C(=O)O)cn(-c5ccc(F)cc5F)c4c3Cl)CC21. The number of carbonyl (C=O) groups is 2. The van der Waals surface area contributed by atoms with Crippen molar-refractivity contribution in [2.45, 2.75) is 37.8 Å². The van der Waals surface area contributed by atoms with Gasteiger partial charge in [0.05, 0.1) is 54.6 Å². The predicted octanol–water partition coefficient (Wildman–Crippen LogP) is 6.24. The third kappa shape index (κ3) is 10.5. The molecular weight excluding hydrogens is 1100 g/mol. The van der Waals surface area contributed by atoms with Gasteiger partial charge in [0, 0.05) is 99.6 Å². The topological polar surface area (TPSA) is 293 Å². The van der Waals surface area contributed by atoms with Crippen LogP contribution in [0.15, 0.2) is 70.5 Å². The van der Waals surface area contributed by atoms with E-state index in [2.05, 4.69) is 31.9 Å². The number of anilines is 2. The second kappa shape index (κ2) is 21.6. The van der Waals surface area contributed by atoms with Crippen molar-refractivity contribution in [3.05, 3.63) is 137 Å². The molecule has 6 aromatic rings. The van der Waals surface area contributed by atoms with Crippen molar-refractivity contribution in [3.63, 3.8) is 0 Å². The molecule has 4 heterocycles. The molecule has 4 aliphatic rings. The minimum absolute atomic E-state index is 0.0495. The summed E-state index contributed by atoms with van der Waals surface area (Å²) < 4.78 is 91.3. The molecule has 0 bridgehead atoms. The summed E-state index contributed by atoms with van der Waals surface area (Å²) in [5, 5.41) is 68.5. The van der Waals surface area contributed by atoms with E-state index in [9.17, 15) is 38.2 Å². The highest BCUT2D eigenvalue weighted by Crippen LogP contribution is 2.51. The number of nitrogens with one attached hydrogen (secondary N) is 10. The van der Waals surface area contributed by atoms with Gasteiger partial charge in [-0.3, -0.25) is 41.9 Å².